The number of carbonyl (C=O) groups is 1. The van der Waals surface area contributed by atoms with Gasteiger partial charge in [-0.25, -0.2) is 0 Å². The van der Waals surface area contributed by atoms with Crippen LogP contribution in [-0.2, 0) is 18.0 Å². The van der Waals surface area contributed by atoms with E-state index >= 15 is 0 Å². The lowest BCUT2D eigenvalue weighted by Gasteiger charge is -2.08. The minimum atomic E-state index is -4.60. The highest BCUT2D eigenvalue weighted by molar-refractivity contribution is 7.99. The van der Waals surface area contributed by atoms with Crippen LogP contribution in [0.3, 0.4) is 0 Å². The predicted molar refractivity (Wildman–Crippen MR) is 81.8 cm³/mol. The highest BCUT2D eigenvalue weighted by Gasteiger charge is 2.37. The third-order valence-corrected chi connectivity index (χ3v) is 4.19. The molecule has 0 aliphatic heterocycles. The number of anilines is 1. The molecule has 1 aromatic carbocycles. The van der Waals surface area contributed by atoms with E-state index in [1.54, 1.807) is 6.07 Å². The van der Waals surface area contributed by atoms with Crippen molar-refractivity contribution >= 4 is 46.6 Å². The number of alkyl halides is 3. The van der Waals surface area contributed by atoms with Crippen LogP contribution in [0.1, 0.15) is 5.82 Å². The van der Waals surface area contributed by atoms with Gasteiger partial charge in [-0.3, -0.25) is 4.79 Å². The maximum atomic E-state index is 12.6. The van der Waals surface area contributed by atoms with E-state index in [0.29, 0.717) is 10.7 Å². The molecule has 23 heavy (non-hydrogen) atoms. The highest BCUT2D eigenvalue weighted by atomic mass is 35.5. The van der Waals surface area contributed by atoms with Crippen molar-refractivity contribution in [1.82, 2.24) is 14.8 Å². The van der Waals surface area contributed by atoms with Crippen LogP contribution in [0.4, 0.5) is 18.9 Å². The number of thioether (sulfide) groups is 1. The Hall–Kier alpha value is -1.45. The zero-order valence-electron chi connectivity index (χ0n) is 11.5. The van der Waals surface area contributed by atoms with Gasteiger partial charge in [0.2, 0.25) is 11.7 Å². The lowest BCUT2D eigenvalue weighted by Crippen LogP contribution is -2.15. The van der Waals surface area contributed by atoms with Gasteiger partial charge in [-0.15, -0.1) is 10.2 Å². The average Bonchev–Trinajstić information content (AvgIpc) is 2.81. The number of amides is 1. The van der Waals surface area contributed by atoms with Crippen LogP contribution in [0.15, 0.2) is 23.4 Å². The summed E-state index contributed by atoms with van der Waals surface area (Å²) in [4.78, 5) is 11.8. The van der Waals surface area contributed by atoms with Crippen LogP contribution in [0, 0.1) is 0 Å². The zero-order chi connectivity index (χ0) is 17.2. The summed E-state index contributed by atoms with van der Waals surface area (Å²) in [6.07, 6.45) is -4.60. The minimum absolute atomic E-state index is 0.0188. The Morgan fingerprint density at radius 3 is 2.61 bits per heavy atom. The van der Waals surface area contributed by atoms with Gasteiger partial charge in [-0.2, -0.15) is 13.2 Å². The number of aromatic nitrogens is 3. The Morgan fingerprint density at radius 2 is 2.04 bits per heavy atom. The maximum absolute atomic E-state index is 12.6. The molecule has 0 atom stereocenters. The van der Waals surface area contributed by atoms with Crippen LogP contribution in [0.5, 0.6) is 0 Å². The third-order valence-electron chi connectivity index (χ3n) is 2.63. The second-order valence-corrected chi connectivity index (χ2v) is 6.11. The first-order valence-corrected chi connectivity index (χ1v) is 7.77. The molecular weight excluding hydrogens is 376 g/mol. The Labute approximate surface area is 143 Å². The van der Waals surface area contributed by atoms with E-state index in [0.717, 1.165) is 16.3 Å². The molecule has 1 aromatic heterocycles. The maximum Gasteiger partial charge on any atom is 0.451 e. The molecule has 1 amide bonds. The van der Waals surface area contributed by atoms with Crippen molar-refractivity contribution in [2.45, 2.75) is 11.3 Å². The largest absolute Gasteiger partial charge is 0.451 e. The van der Waals surface area contributed by atoms with Gasteiger partial charge >= 0.3 is 6.18 Å². The summed E-state index contributed by atoms with van der Waals surface area (Å²) in [7, 11) is 1.18. The molecule has 11 heteroatoms. The molecule has 2 rings (SSSR count). The first-order valence-electron chi connectivity index (χ1n) is 6.03. The molecule has 2 aromatic rings. The Bertz CT molecular complexity index is 736. The molecule has 0 bridgehead atoms. The van der Waals surface area contributed by atoms with Gasteiger partial charge in [-0.1, -0.05) is 35.0 Å². The molecule has 0 fully saturated rings. The molecule has 0 radical (unpaired) electrons. The van der Waals surface area contributed by atoms with E-state index in [9.17, 15) is 18.0 Å². The molecule has 0 saturated heterocycles. The van der Waals surface area contributed by atoms with Crippen LogP contribution < -0.4 is 5.32 Å². The SMILES string of the molecule is Cn1c(SCC(=O)Nc2ccc(Cl)cc2Cl)nnc1C(F)(F)F. The summed E-state index contributed by atoms with van der Waals surface area (Å²) in [5, 5.41) is 9.69. The summed E-state index contributed by atoms with van der Waals surface area (Å²) in [6.45, 7) is 0. The molecule has 0 saturated carbocycles. The van der Waals surface area contributed by atoms with E-state index in [1.165, 1.54) is 19.2 Å². The van der Waals surface area contributed by atoms with E-state index in [4.69, 9.17) is 23.2 Å². The smallest absolute Gasteiger partial charge is 0.324 e. The number of carbonyl (C=O) groups excluding carboxylic acids is 1. The summed E-state index contributed by atoms with van der Waals surface area (Å²) < 4.78 is 38.5. The monoisotopic (exact) mass is 384 g/mol. The van der Waals surface area contributed by atoms with E-state index in [1.807, 2.05) is 0 Å². The number of nitrogens with one attached hydrogen (secondary N) is 1. The van der Waals surface area contributed by atoms with Gasteiger partial charge in [-0.05, 0) is 18.2 Å². The van der Waals surface area contributed by atoms with Gasteiger partial charge < -0.3 is 9.88 Å². The first-order chi connectivity index (χ1) is 10.7. The number of hydrogen-bond donors (Lipinski definition) is 1. The van der Waals surface area contributed by atoms with E-state index in [2.05, 4.69) is 15.5 Å². The van der Waals surface area contributed by atoms with Crippen LogP contribution in [0.2, 0.25) is 10.0 Å². The summed E-state index contributed by atoms with van der Waals surface area (Å²) in [5.41, 5.74) is 0.357. The number of nitrogens with zero attached hydrogens (tertiary/aromatic N) is 3. The fourth-order valence-corrected chi connectivity index (χ4v) is 2.76. The Kier molecular flexibility index (Phi) is 5.43. The number of benzene rings is 1. The van der Waals surface area contributed by atoms with Crippen molar-refractivity contribution in [3.8, 4) is 0 Å². The molecular formula is C12H9Cl2F3N4OS. The summed E-state index contributed by atoms with van der Waals surface area (Å²) in [5.74, 6) is -1.72. The molecule has 124 valence electrons. The third kappa shape index (κ3) is 4.52. The van der Waals surface area contributed by atoms with E-state index in [-0.39, 0.29) is 15.9 Å². The van der Waals surface area contributed by atoms with Crippen molar-refractivity contribution in [2.24, 2.45) is 7.05 Å². The molecule has 0 aliphatic rings. The molecule has 0 aliphatic carbocycles. The Balaban J connectivity index is 1.98. The number of hydrogen-bond acceptors (Lipinski definition) is 4. The highest BCUT2D eigenvalue weighted by Crippen LogP contribution is 2.30. The van der Waals surface area contributed by atoms with Crippen LogP contribution >= 0.6 is 35.0 Å². The van der Waals surface area contributed by atoms with Crippen LogP contribution in [0.25, 0.3) is 0 Å². The van der Waals surface area contributed by atoms with Crippen molar-refractivity contribution in [3.63, 3.8) is 0 Å². The van der Waals surface area contributed by atoms with Crippen molar-refractivity contribution in [3.05, 3.63) is 34.1 Å². The fraction of sp³-hybridized carbons (Fsp3) is 0.250. The topological polar surface area (TPSA) is 59.8 Å². The van der Waals surface area contributed by atoms with E-state index < -0.39 is 17.9 Å². The van der Waals surface area contributed by atoms with Gasteiger partial charge in [0.1, 0.15) is 0 Å². The van der Waals surface area contributed by atoms with Gasteiger partial charge in [0.05, 0.1) is 16.5 Å². The van der Waals surface area contributed by atoms with Gasteiger partial charge in [0.15, 0.2) is 5.16 Å². The quantitative estimate of drug-likeness (QED) is 0.812. The number of halogens is 5. The van der Waals surface area contributed by atoms with Crippen molar-refractivity contribution in [2.75, 3.05) is 11.1 Å². The average molecular weight is 385 g/mol. The number of rotatable bonds is 4. The molecule has 5 nitrogen and oxygen atoms in total. The zero-order valence-corrected chi connectivity index (χ0v) is 13.8. The fourth-order valence-electron chi connectivity index (χ4n) is 1.59. The second kappa shape index (κ2) is 6.98. The normalized spacial score (nSPS) is 11.6. The lowest BCUT2D eigenvalue weighted by molar-refractivity contribution is -0.147. The Morgan fingerprint density at radius 1 is 1.35 bits per heavy atom. The van der Waals surface area contributed by atoms with Crippen LogP contribution in [-0.4, -0.2) is 26.4 Å². The molecule has 0 spiro atoms. The molecule has 0 unspecified atom stereocenters. The predicted octanol–water partition coefficient (Wildman–Crippen LogP) is 3.87. The van der Waals surface area contributed by atoms with Crippen molar-refractivity contribution in [1.29, 1.82) is 0 Å². The lowest BCUT2D eigenvalue weighted by atomic mass is 10.3. The summed E-state index contributed by atoms with van der Waals surface area (Å²) in [6, 6.07) is 4.54. The molecule has 1 N–H and O–H groups in total. The molecule has 1 heterocycles. The second-order valence-electron chi connectivity index (χ2n) is 4.32. The minimum Gasteiger partial charge on any atom is -0.324 e. The first kappa shape index (κ1) is 17.9. The van der Waals surface area contributed by atoms with Gasteiger partial charge in [0.25, 0.3) is 0 Å². The van der Waals surface area contributed by atoms with Crippen molar-refractivity contribution < 1.29 is 18.0 Å². The summed E-state index contributed by atoms with van der Waals surface area (Å²) >= 11 is 12.5. The van der Waals surface area contributed by atoms with Gasteiger partial charge in [0, 0.05) is 12.1 Å². The standard InChI is InChI=1S/C12H9Cl2F3N4OS/c1-21-10(12(15,16)17)19-20-11(21)23-5-9(22)18-8-3-2-6(13)4-7(8)14/h2-4H,5H2,1H3,(H,18,22).